The molecule has 2 rings (SSSR count). The van der Waals surface area contributed by atoms with Crippen LogP contribution in [-0.4, -0.2) is 11.9 Å². The second kappa shape index (κ2) is 9.72. The van der Waals surface area contributed by atoms with Crippen LogP contribution >= 0.6 is 0 Å². The number of hydrogen-bond acceptors (Lipinski definition) is 4. The molecular formula is C23H26O4. The fraction of sp³-hybridized carbons (Fsp3) is 0.304. The summed E-state index contributed by atoms with van der Waals surface area (Å²) in [5, 5.41) is 0. The second-order valence-electron chi connectivity index (χ2n) is 6.32. The Balaban J connectivity index is 2.46. The van der Waals surface area contributed by atoms with Crippen LogP contribution in [0.15, 0.2) is 54.1 Å². The highest BCUT2D eigenvalue weighted by molar-refractivity contribution is 5.83. The zero-order valence-electron chi connectivity index (χ0n) is 16.4. The Labute approximate surface area is 160 Å². The predicted molar refractivity (Wildman–Crippen MR) is 107 cm³/mol. The van der Waals surface area contributed by atoms with Gasteiger partial charge in [-0.3, -0.25) is 9.59 Å². The van der Waals surface area contributed by atoms with Crippen LogP contribution in [-0.2, 0) is 9.59 Å². The summed E-state index contributed by atoms with van der Waals surface area (Å²) >= 11 is 0. The molecule has 4 heteroatoms. The van der Waals surface area contributed by atoms with Crippen molar-refractivity contribution >= 4 is 17.5 Å². The summed E-state index contributed by atoms with van der Waals surface area (Å²) < 4.78 is 10.3. The van der Waals surface area contributed by atoms with Gasteiger partial charge in [0.15, 0.2) is 0 Å². The Morgan fingerprint density at radius 1 is 0.741 bits per heavy atom. The molecule has 0 aliphatic carbocycles. The minimum Gasteiger partial charge on any atom is -0.427 e. The van der Waals surface area contributed by atoms with E-state index in [-0.39, 0.29) is 11.9 Å². The van der Waals surface area contributed by atoms with Gasteiger partial charge in [0, 0.05) is 13.8 Å². The summed E-state index contributed by atoms with van der Waals surface area (Å²) in [6.07, 6.45) is 3.01. The number of carbonyl (C=O) groups is 2. The highest BCUT2D eigenvalue weighted by Crippen LogP contribution is 2.32. The summed E-state index contributed by atoms with van der Waals surface area (Å²) in [5.41, 5.74) is 4.66. The minimum atomic E-state index is -0.334. The SMILES string of the molecule is CCCC(CC)=C(c1ccc(OC(C)=O)cc1)c1ccc(OC(C)=O)cc1. The van der Waals surface area contributed by atoms with Crippen molar-refractivity contribution in [2.75, 3.05) is 0 Å². The van der Waals surface area contributed by atoms with Gasteiger partial charge >= 0.3 is 11.9 Å². The Kier molecular flexibility index (Phi) is 7.35. The molecular weight excluding hydrogens is 340 g/mol. The average Bonchev–Trinajstić information content (AvgIpc) is 2.63. The molecule has 0 aliphatic heterocycles. The zero-order valence-corrected chi connectivity index (χ0v) is 16.4. The Bertz CT molecular complexity index is 753. The summed E-state index contributed by atoms with van der Waals surface area (Å²) in [4.78, 5) is 22.3. The zero-order chi connectivity index (χ0) is 19.8. The molecule has 0 fully saturated rings. The van der Waals surface area contributed by atoms with Crippen molar-refractivity contribution in [3.8, 4) is 11.5 Å². The van der Waals surface area contributed by atoms with Gasteiger partial charge in [0.25, 0.3) is 0 Å². The van der Waals surface area contributed by atoms with Crippen molar-refractivity contribution in [1.82, 2.24) is 0 Å². The summed E-state index contributed by atoms with van der Waals surface area (Å²) in [5.74, 6) is 0.397. The smallest absolute Gasteiger partial charge is 0.308 e. The number of benzene rings is 2. The van der Waals surface area contributed by atoms with Crippen LogP contribution in [0.25, 0.3) is 5.57 Å². The number of carbonyl (C=O) groups excluding carboxylic acids is 2. The fourth-order valence-corrected chi connectivity index (χ4v) is 3.07. The van der Waals surface area contributed by atoms with E-state index < -0.39 is 0 Å². The molecule has 4 nitrogen and oxygen atoms in total. The first kappa shape index (κ1) is 20.4. The van der Waals surface area contributed by atoms with Crippen LogP contribution in [0.5, 0.6) is 11.5 Å². The van der Waals surface area contributed by atoms with E-state index in [4.69, 9.17) is 9.47 Å². The predicted octanol–water partition coefficient (Wildman–Crippen LogP) is 5.55. The van der Waals surface area contributed by atoms with Gasteiger partial charge in [-0.05, 0) is 53.8 Å². The van der Waals surface area contributed by atoms with E-state index in [1.165, 1.54) is 25.0 Å². The molecule has 0 radical (unpaired) electrons. The third kappa shape index (κ3) is 5.81. The number of esters is 2. The van der Waals surface area contributed by atoms with E-state index in [9.17, 15) is 9.59 Å². The highest BCUT2D eigenvalue weighted by atomic mass is 16.5. The lowest BCUT2D eigenvalue weighted by Crippen LogP contribution is -2.02. The lowest BCUT2D eigenvalue weighted by molar-refractivity contribution is -0.132. The van der Waals surface area contributed by atoms with Crippen LogP contribution in [0.3, 0.4) is 0 Å². The van der Waals surface area contributed by atoms with E-state index in [0.717, 1.165) is 30.4 Å². The van der Waals surface area contributed by atoms with Crippen molar-refractivity contribution in [1.29, 1.82) is 0 Å². The van der Waals surface area contributed by atoms with E-state index in [1.807, 2.05) is 48.5 Å². The lowest BCUT2D eigenvalue weighted by atomic mass is 9.89. The third-order valence-electron chi connectivity index (χ3n) is 4.14. The number of ether oxygens (including phenoxy) is 2. The topological polar surface area (TPSA) is 52.6 Å². The first-order chi connectivity index (χ1) is 12.9. The van der Waals surface area contributed by atoms with Gasteiger partial charge in [-0.1, -0.05) is 50.1 Å². The van der Waals surface area contributed by atoms with Gasteiger partial charge in [-0.15, -0.1) is 0 Å². The second-order valence-corrected chi connectivity index (χ2v) is 6.32. The first-order valence-electron chi connectivity index (χ1n) is 9.24. The summed E-state index contributed by atoms with van der Waals surface area (Å²) in [7, 11) is 0. The molecule has 0 aromatic heterocycles. The van der Waals surface area contributed by atoms with E-state index in [1.54, 1.807) is 0 Å². The molecule has 0 amide bonds. The first-order valence-corrected chi connectivity index (χ1v) is 9.24. The van der Waals surface area contributed by atoms with Gasteiger partial charge in [-0.2, -0.15) is 0 Å². The van der Waals surface area contributed by atoms with Gasteiger partial charge < -0.3 is 9.47 Å². The molecule has 27 heavy (non-hydrogen) atoms. The van der Waals surface area contributed by atoms with Crippen molar-refractivity contribution in [2.45, 2.75) is 47.0 Å². The van der Waals surface area contributed by atoms with Crippen LogP contribution in [0.2, 0.25) is 0 Å². The monoisotopic (exact) mass is 366 g/mol. The number of allylic oxidation sites excluding steroid dienone is 1. The molecule has 0 saturated heterocycles. The molecule has 0 atom stereocenters. The quantitative estimate of drug-likeness (QED) is 0.476. The summed E-state index contributed by atoms with van der Waals surface area (Å²) in [6, 6.07) is 15.1. The molecule has 0 aliphatic rings. The fourth-order valence-electron chi connectivity index (χ4n) is 3.07. The van der Waals surface area contributed by atoms with Gasteiger partial charge in [0.05, 0.1) is 0 Å². The van der Waals surface area contributed by atoms with Gasteiger partial charge in [0.2, 0.25) is 0 Å². The lowest BCUT2D eigenvalue weighted by Gasteiger charge is -2.16. The van der Waals surface area contributed by atoms with Crippen molar-refractivity contribution < 1.29 is 19.1 Å². The normalized spacial score (nSPS) is 10.2. The average molecular weight is 366 g/mol. The van der Waals surface area contributed by atoms with Crippen LogP contribution < -0.4 is 9.47 Å². The van der Waals surface area contributed by atoms with E-state index in [2.05, 4.69) is 13.8 Å². The molecule has 2 aromatic carbocycles. The largest absolute Gasteiger partial charge is 0.427 e. The molecule has 0 bridgehead atoms. The molecule has 0 heterocycles. The maximum atomic E-state index is 11.1. The number of rotatable bonds is 7. The van der Waals surface area contributed by atoms with Crippen molar-refractivity contribution in [3.63, 3.8) is 0 Å². The maximum Gasteiger partial charge on any atom is 0.308 e. The molecule has 142 valence electrons. The van der Waals surface area contributed by atoms with Gasteiger partial charge in [-0.25, -0.2) is 0 Å². The van der Waals surface area contributed by atoms with Crippen molar-refractivity contribution in [2.24, 2.45) is 0 Å². The Morgan fingerprint density at radius 2 is 1.15 bits per heavy atom. The van der Waals surface area contributed by atoms with E-state index in [0.29, 0.717) is 11.5 Å². The molecule has 0 saturated carbocycles. The van der Waals surface area contributed by atoms with Crippen LogP contribution in [0.4, 0.5) is 0 Å². The maximum absolute atomic E-state index is 11.1. The van der Waals surface area contributed by atoms with Crippen LogP contribution in [0.1, 0.15) is 58.1 Å². The van der Waals surface area contributed by atoms with Gasteiger partial charge in [0.1, 0.15) is 11.5 Å². The molecule has 0 unspecified atom stereocenters. The minimum absolute atomic E-state index is 0.334. The molecule has 0 N–H and O–H groups in total. The van der Waals surface area contributed by atoms with Crippen molar-refractivity contribution in [3.05, 3.63) is 65.2 Å². The third-order valence-corrected chi connectivity index (χ3v) is 4.14. The molecule has 0 spiro atoms. The highest BCUT2D eigenvalue weighted by Gasteiger charge is 2.12. The molecule has 2 aromatic rings. The van der Waals surface area contributed by atoms with Crippen LogP contribution in [0, 0.1) is 0 Å². The summed E-state index contributed by atoms with van der Waals surface area (Å²) in [6.45, 7) is 7.10. The number of hydrogen-bond donors (Lipinski definition) is 0. The Morgan fingerprint density at radius 3 is 1.44 bits per heavy atom. The standard InChI is InChI=1S/C23H26O4/c1-5-7-18(6-2)23(19-8-12-21(13-9-19)26-16(3)24)20-10-14-22(15-11-20)27-17(4)25/h8-15H,5-7H2,1-4H3. The van der Waals surface area contributed by atoms with E-state index >= 15 is 0 Å². The Hall–Kier alpha value is -2.88.